The minimum Gasteiger partial charge on any atom is -0.384 e. The number of carbonyl (C=O) groups excluding carboxylic acids is 3. The number of sulfonamides is 1. The van der Waals surface area contributed by atoms with Crippen LogP contribution in [-0.4, -0.2) is 69.5 Å². The Morgan fingerprint density at radius 3 is 1.94 bits per heavy atom. The van der Waals surface area contributed by atoms with Gasteiger partial charge in [-0.25, -0.2) is 13.1 Å². The smallest absolute Gasteiger partial charge is 0.264 e. The Bertz CT molecular complexity index is 1550. The molecule has 4 N–H and O–H groups in total. The van der Waals surface area contributed by atoms with Crippen molar-refractivity contribution in [2.45, 2.75) is 84.7 Å². The second-order valence-corrected chi connectivity index (χ2v) is 16.3. The van der Waals surface area contributed by atoms with Gasteiger partial charge < -0.3 is 20.9 Å². The number of hydrogen-bond acceptors (Lipinski definition) is 8. The number of likely N-dealkylation sites (N-methyl/N-ethyl adjacent to an activating group) is 2. The van der Waals surface area contributed by atoms with E-state index in [2.05, 4.69) is 33.3 Å². The fourth-order valence-corrected chi connectivity index (χ4v) is 6.60. The molecule has 0 bridgehead atoms. The molecule has 2 rings (SSSR count). The van der Waals surface area contributed by atoms with Gasteiger partial charge >= 0.3 is 0 Å². The number of amides is 3. The Kier molecular flexibility index (Phi) is 14.3. The van der Waals surface area contributed by atoms with Crippen molar-refractivity contribution in [3.8, 4) is 0 Å². The molecular formula is C36H55N5O5S2. The van der Waals surface area contributed by atoms with Crippen LogP contribution in [0.1, 0.15) is 66.5 Å². The fourth-order valence-electron chi connectivity index (χ4n) is 5.42. The number of rotatable bonds is 15. The quantitative estimate of drug-likeness (QED) is 0.167. The van der Waals surface area contributed by atoms with Crippen LogP contribution in [0.5, 0.6) is 0 Å². The molecular weight excluding hydrogens is 647 g/mol. The first-order valence-electron chi connectivity index (χ1n) is 16.2. The van der Waals surface area contributed by atoms with Gasteiger partial charge in [0.15, 0.2) is 0 Å². The highest BCUT2D eigenvalue weighted by atomic mass is 32.2. The highest BCUT2D eigenvalue weighted by molar-refractivity contribution is 7.90. The monoisotopic (exact) mass is 701 g/mol. The first kappa shape index (κ1) is 40.8. The summed E-state index contributed by atoms with van der Waals surface area (Å²) in [5, 5.41) is 9.48. The standard InChI is InChI=1S/C36H55N5O5S2/c1-23(2)29(22-25(4)32(42)40-48(45,46)28-18-12-24(3)13-19-28)41(11)34(44)31(35(5,6)7)39-33(43)30(37-10)36(8,9)26-14-16-27(17-15-26)38-20-21-47/h12-19,22-23,25,30-31,37-38,47H,20-21H2,1-11H3,(H,39,43)(H,40,42)/b29-22+/t25?,30-,31-/m1/s1. The van der Waals surface area contributed by atoms with Gasteiger partial charge in [-0.15, -0.1) is 0 Å². The van der Waals surface area contributed by atoms with Crippen LogP contribution in [-0.2, 0) is 29.8 Å². The van der Waals surface area contributed by atoms with Crippen LogP contribution < -0.4 is 20.7 Å². The van der Waals surface area contributed by atoms with Gasteiger partial charge in [-0.2, -0.15) is 12.6 Å². The summed E-state index contributed by atoms with van der Waals surface area (Å²) in [4.78, 5) is 42.6. The lowest BCUT2D eigenvalue weighted by Gasteiger charge is -2.39. The van der Waals surface area contributed by atoms with E-state index in [1.807, 2.05) is 79.7 Å². The number of thiol groups is 1. The number of carbonyl (C=O) groups is 3. The lowest BCUT2D eigenvalue weighted by molar-refractivity contribution is -0.138. The zero-order valence-electron chi connectivity index (χ0n) is 30.3. The SMILES string of the molecule is CN[C@H](C(=O)N[C@H](C(=O)N(C)/C(=C/C(C)C(=O)NS(=O)(=O)c1ccc(C)cc1)C(C)C)C(C)(C)C)C(C)(C)c1ccc(NCCS)cc1. The Balaban J connectivity index is 2.32. The normalized spacial score (nSPS) is 14.6. The van der Waals surface area contributed by atoms with Crippen molar-refractivity contribution in [1.82, 2.24) is 20.3 Å². The van der Waals surface area contributed by atoms with Crippen molar-refractivity contribution in [2.24, 2.45) is 17.3 Å². The third kappa shape index (κ3) is 10.6. The number of hydrogen-bond donors (Lipinski definition) is 5. The molecule has 0 spiro atoms. The summed E-state index contributed by atoms with van der Waals surface area (Å²) in [7, 11) is -0.749. The summed E-state index contributed by atoms with van der Waals surface area (Å²) in [5.41, 5.74) is 2.02. The van der Waals surface area contributed by atoms with Crippen molar-refractivity contribution in [2.75, 3.05) is 31.7 Å². The summed E-state index contributed by atoms with van der Waals surface area (Å²) < 4.78 is 27.8. The number of anilines is 1. The van der Waals surface area contributed by atoms with E-state index in [1.165, 1.54) is 17.0 Å². The minimum absolute atomic E-state index is 0.0147. The molecule has 48 heavy (non-hydrogen) atoms. The molecule has 10 nitrogen and oxygen atoms in total. The van der Waals surface area contributed by atoms with E-state index in [1.54, 1.807) is 39.2 Å². The number of nitrogens with zero attached hydrogens (tertiary/aromatic N) is 1. The minimum atomic E-state index is -4.08. The zero-order chi connectivity index (χ0) is 36.6. The number of allylic oxidation sites excluding steroid dienone is 1. The first-order valence-corrected chi connectivity index (χ1v) is 18.3. The van der Waals surface area contributed by atoms with Gasteiger partial charge in [0, 0.05) is 36.1 Å². The van der Waals surface area contributed by atoms with Crippen LogP contribution in [0.15, 0.2) is 65.2 Å². The summed E-state index contributed by atoms with van der Waals surface area (Å²) in [6.45, 7) is 17.5. The van der Waals surface area contributed by atoms with Crippen molar-refractivity contribution in [3.05, 3.63) is 71.4 Å². The van der Waals surface area contributed by atoms with Crippen molar-refractivity contribution in [3.63, 3.8) is 0 Å². The van der Waals surface area contributed by atoms with Gasteiger partial charge in [-0.1, -0.05) is 84.4 Å². The van der Waals surface area contributed by atoms with E-state index < -0.39 is 44.8 Å². The Morgan fingerprint density at radius 2 is 1.46 bits per heavy atom. The van der Waals surface area contributed by atoms with Crippen LogP contribution in [0.25, 0.3) is 0 Å². The van der Waals surface area contributed by atoms with E-state index in [-0.39, 0.29) is 22.6 Å². The van der Waals surface area contributed by atoms with Crippen LogP contribution in [0.3, 0.4) is 0 Å². The van der Waals surface area contributed by atoms with Crippen LogP contribution >= 0.6 is 12.6 Å². The van der Waals surface area contributed by atoms with Gasteiger partial charge in [-0.05, 0) is 62.1 Å². The van der Waals surface area contributed by atoms with Gasteiger partial charge in [-0.3, -0.25) is 14.4 Å². The lowest BCUT2D eigenvalue weighted by atomic mass is 9.76. The summed E-state index contributed by atoms with van der Waals surface area (Å²) in [6, 6.07) is 12.5. The maximum absolute atomic E-state index is 14.2. The molecule has 3 atom stereocenters. The van der Waals surface area contributed by atoms with E-state index in [9.17, 15) is 22.8 Å². The molecule has 12 heteroatoms. The second-order valence-electron chi connectivity index (χ2n) is 14.2. The van der Waals surface area contributed by atoms with E-state index in [0.717, 1.165) is 23.4 Å². The van der Waals surface area contributed by atoms with Crippen LogP contribution in [0, 0.1) is 24.2 Å². The molecule has 0 aliphatic heterocycles. The van der Waals surface area contributed by atoms with Crippen molar-refractivity contribution in [1.29, 1.82) is 0 Å². The molecule has 1 unspecified atom stereocenters. The fraction of sp³-hybridized carbons (Fsp3) is 0.528. The maximum atomic E-state index is 14.2. The molecule has 0 saturated heterocycles. The largest absolute Gasteiger partial charge is 0.384 e. The third-order valence-electron chi connectivity index (χ3n) is 8.45. The van der Waals surface area contributed by atoms with Gasteiger partial charge in [0.2, 0.25) is 17.7 Å². The van der Waals surface area contributed by atoms with Gasteiger partial charge in [0.25, 0.3) is 10.0 Å². The van der Waals surface area contributed by atoms with Crippen LogP contribution in [0.4, 0.5) is 5.69 Å². The molecule has 0 heterocycles. The van der Waals surface area contributed by atoms with Gasteiger partial charge in [0.05, 0.1) is 16.9 Å². The molecule has 3 amide bonds. The summed E-state index contributed by atoms with van der Waals surface area (Å²) in [5.74, 6) is -1.78. The summed E-state index contributed by atoms with van der Waals surface area (Å²) >= 11 is 4.24. The van der Waals surface area contributed by atoms with E-state index in [4.69, 9.17) is 0 Å². The zero-order valence-corrected chi connectivity index (χ0v) is 32.0. The molecule has 266 valence electrons. The highest BCUT2D eigenvalue weighted by Crippen LogP contribution is 2.30. The average Bonchev–Trinajstić information content (AvgIpc) is 3.00. The maximum Gasteiger partial charge on any atom is 0.264 e. The Labute approximate surface area is 293 Å². The predicted molar refractivity (Wildman–Crippen MR) is 197 cm³/mol. The predicted octanol–water partition coefficient (Wildman–Crippen LogP) is 4.87. The molecule has 0 saturated carbocycles. The number of nitrogens with one attached hydrogen (secondary N) is 4. The van der Waals surface area contributed by atoms with Crippen molar-refractivity contribution >= 4 is 46.1 Å². The molecule has 0 radical (unpaired) electrons. The topological polar surface area (TPSA) is 137 Å². The average molecular weight is 702 g/mol. The molecule has 0 fully saturated rings. The lowest BCUT2D eigenvalue weighted by Crippen LogP contribution is -2.60. The molecule has 0 aliphatic rings. The van der Waals surface area contributed by atoms with E-state index >= 15 is 0 Å². The highest BCUT2D eigenvalue weighted by Gasteiger charge is 2.41. The third-order valence-corrected chi connectivity index (χ3v) is 10.0. The van der Waals surface area contributed by atoms with Crippen molar-refractivity contribution < 1.29 is 22.8 Å². The Morgan fingerprint density at radius 1 is 0.896 bits per heavy atom. The molecule has 2 aromatic rings. The van der Waals surface area contributed by atoms with Gasteiger partial charge in [0.1, 0.15) is 6.04 Å². The Hall–Kier alpha value is -3.35. The number of aryl methyl sites for hydroxylation is 1. The summed E-state index contributed by atoms with van der Waals surface area (Å²) in [6.07, 6.45) is 1.60. The second kappa shape index (κ2) is 16.8. The molecule has 0 aliphatic carbocycles. The van der Waals surface area contributed by atoms with E-state index in [0.29, 0.717) is 11.4 Å². The van der Waals surface area contributed by atoms with Crippen LogP contribution in [0.2, 0.25) is 0 Å². The molecule has 2 aromatic carbocycles. The first-order chi connectivity index (χ1) is 22.2. The molecule has 0 aromatic heterocycles. The number of benzene rings is 2.